The van der Waals surface area contributed by atoms with Crippen molar-refractivity contribution in [1.29, 1.82) is 0 Å². The fraction of sp³-hybridized carbons (Fsp3) is 0.765. The lowest BCUT2D eigenvalue weighted by Gasteiger charge is -2.19. The summed E-state index contributed by atoms with van der Waals surface area (Å²) in [5.41, 5.74) is 0.469. The van der Waals surface area contributed by atoms with Gasteiger partial charge in [-0.05, 0) is 31.6 Å². The molecule has 1 aliphatic rings. The summed E-state index contributed by atoms with van der Waals surface area (Å²) in [6, 6.07) is 0. The molecule has 0 N–H and O–H groups in total. The van der Waals surface area contributed by atoms with Gasteiger partial charge in [-0.15, -0.1) is 0 Å². The van der Waals surface area contributed by atoms with Crippen LogP contribution in [0.15, 0.2) is 12.2 Å². The quantitative estimate of drug-likeness (QED) is 0.502. The monoisotopic (exact) mass is 295 g/mol. The molecule has 0 saturated carbocycles. The highest BCUT2D eigenvalue weighted by atomic mass is 16.7. The Morgan fingerprint density at radius 2 is 2.00 bits per heavy atom. The molecular formula is C17H29NO3. The number of carbonyl (C=O) groups excluding carboxylic acids is 2. The number of carbonyl (C=O) groups is 2. The standard InChI is InChI=1S/C17H29NO3/c1-14(2)10-6-4-7-11-15(3)17(20)21-18-13-9-5-8-12-16(18)19/h14H,3-13H2,1-2H3. The number of unbranched alkanes of at least 4 members (excludes halogenated alkanes) is 2. The number of hydrogen-bond donors (Lipinski definition) is 0. The predicted octanol–water partition coefficient (Wildman–Crippen LogP) is 4.01. The van der Waals surface area contributed by atoms with Crippen LogP contribution in [-0.2, 0) is 14.4 Å². The molecule has 0 radical (unpaired) electrons. The van der Waals surface area contributed by atoms with Crippen molar-refractivity contribution in [2.75, 3.05) is 6.54 Å². The molecule has 1 saturated heterocycles. The van der Waals surface area contributed by atoms with Gasteiger partial charge in [-0.2, -0.15) is 5.06 Å². The molecule has 21 heavy (non-hydrogen) atoms. The molecule has 0 spiro atoms. The first-order valence-corrected chi connectivity index (χ1v) is 8.21. The summed E-state index contributed by atoms with van der Waals surface area (Å²) in [6.45, 7) is 8.73. The van der Waals surface area contributed by atoms with Gasteiger partial charge in [0.15, 0.2) is 0 Å². The van der Waals surface area contributed by atoms with Crippen LogP contribution in [0.2, 0.25) is 0 Å². The van der Waals surface area contributed by atoms with Crippen molar-refractivity contribution in [2.45, 2.75) is 71.6 Å². The van der Waals surface area contributed by atoms with Crippen LogP contribution >= 0.6 is 0 Å². The molecule has 4 heteroatoms. The minimum Gasteiger partial charge on any atom is -0.333 e. The second-order valence-corrected chi connectivity index (χ2v) is 6.28. The number of hydrogen-bond acceptors (Lipinski definition) is 3. The first-order valence-electron chi connectivity index (χ1n) is 8.21. The normalized spacial score (nSPS) is 16.0. The highest BCUT2D eigenvalue weighted by Crippen LogP contribution is 2.16. The van der Waals surface area contributed by atoms with Gasteiger partial charge in [0.2, 0.25) is 0 Å². The maximum absolute atomic E-state index is 11.9. The van der Waals surface area contributed by atoms with Gasteiger partial charge < -0.3 is 4.84 Å². The van der Waals surface area contributed by atoms with Gasteiger partial charge in [-0.1, -0.05) is 46.1 Å². The average Bonchev–Trinajstić information content (AvgIpc) is 2.63. The highest BCUT2D eigenvalue weighted by Gasteiger charge is 2.21. The summed E-state index contributed by atoms with van der Waals surface area (Å²) >= 11 is 0. The molecule has 4 nitrogen and oxygen atoms in total. The zero-order valence-electron chi connectivity index (χ0n) is 13.5. The number of hydroxylamine groups is 2. The Balaban J connectivity index is 2.24. The molecule has 1 rings (SSSR count). The summed E-state index contributed by atoms with van der Waals surface area (Å²) in [5, 5.41) is 1.22. The van der Waals surface area contributed by atoms with Crippen molar-refractivity contribution in [3.63, 3.8) is 0 Å². The lowest BCUT2D eigenvalue weighted by atomic mass is 10.0. The van der Waals surface area contributed by atoms with E-state index >= 15 is 0 Å². The zero-order chi connectivity index (χ0) is 15.7. The smallest absolute Gasteiger partial charge is 0.333 e. The Kier molecular flexibility index (Phi) is 8.09. The number of nitrogens with zero attached hydrogens (tertiary/aromatic N) is 1. The maximum atomic E-state index is 11.9. The molecule has 0 bridgehead atoms. The van der Waals surface area contributed by atoms with E-state index in [4.69, 9.17) is 4.84 Å². The molecule has 0 aromatic heterocycles. The minimum absolute atomic E-state index is 0.0921. The third kappa shape index (κ3) is 7.30. The van der Waals surface area contributed by atoms with Crippen molar-refractivity contribution in [2.24, 2.45) is 5.92 Å². The van der Waals surface area contributed by atoms with Crippen LogP contribution in [0.1, 0.15) is 71.6 Å². The summed E-state index contributed by atoms with van der Waals surface area (Å²) in [5.74, 6) is 0.187. The van der Waals surface area contributed by atoms with E-state index in [1.165, 1.54) is 17.9 Å². The van der Waals surface area contributed by atoms with Crippen LogP contribution in [0.25, 0.3) is 0 Å². The van der Waals surface area contributed by atoms with Crippen molar-refractivity contribution >= 4 is 11.9 Å². The molecule has 0 aliphatic carbocycles. The van der Waals surface area contributed by atoms with E-state index in [2.05, 4.69) is 20.4 Å². The lowest BCUT2D eigenvalue weighted by molar-refractivity contribution is -0.194. The second-order valence-electron chi connectivity index (χ2n) is 6.28. The Morgan fingerprint density at radius 1 is 1.24 bits per heavy atom. The van der Waals surface area contributed by atoms with Crippen molar-refractivity contribution in [3.8, 4) is 0 Å². The van der Waals surface area contributed by atoms with Crippen LogP contribution < -0.4 is 0 Å². The predicted molar refractivity (Wildman–Crippen MR) is 83.3 cm³/mol. The van der Waals surface area contributed by atoms with Gasteiger partial charge in [-0.25, -0.2) is 4.79 Å². The van der Waals surface area contributed by atoms with E-state index in [1.54, 1.807) is 0 Å². The highest BCUT2D eigenvalue weighted by molar-refractivity contribution is 5.88. The van der Waals surface area contributed by atoms with Gasteiger partial charge in [0, 0.05) is 12.0 Å². The maximum Gasteiger partial charge on any atom is 0.358 e. The number of rotatable bonds is 8. The number of amides is 1. The molecule has 1 fully saturated rings. The van der Waals surface area contributed by atoms with Crippen molar-refractivity contribution < 1.29 is 14.4 Å². The van der Waals surface area contributed by atoms with Crippen LogP contribution in [0.4, 0.5) is 0 Å². The van der Waals surface area contributed by atoms with E-state index in [-0.39, 0.29) is 5.91 Å². The van der Waals surface area contributed by atoms with Crippen molar-refractivity contribution in [3.05, 3.63) is 12.2 Å². The minimum atomic E-state index is -0.450. The third-order valence-corrected chi connectivity index (χ3v) is 3.77. The average molecular weight is 295 g/mol. The lowest BCUT2D eigenvalue weighted by Crippen LogP contribution is -2.33. The largest absolute Gasteiger partial charge is 0.358 e. The first kappa shape index (κ1) is 17.7. The Hall–Kier alpha value is -1.32. The molecule has 1 aliphatic heterocycles. The summed E-state index contributed by atoms with van der Waals surface area (Å²) in [7, 11) is 0. The second kappa shape index (κ2) is 9.59. The summed E-state index contributed by atoms with van der Waals surface area (Å²) in [6.07, 6.45) is 8.36. The molecule has 0 aromatic carbocycles. The van der Waals surface area contributed by atoms with Gasteiger partial charge in [-0.3, -0.25) is 4.79 Å². The van der Waals surface area contributed by atoms with Gasteiger partial charge in [0.25, 0.3) is 5.91 Å². The molecule has 0 aromatic rings. The van der Waals surface area contributed by atoms with Crippen LogP contribution in [-0.4, -0.2) is 23.5 Å². The molecule has 120 valence electrons. The Morgan fingerprint density at radius 3 is 2.71 bits per heavy atom. The van der Waals surface area contributed by atoms with E-state index in [0.29, 0.717) is 25.0 Å². The van der Waals surface area contributed by atoms with Crippen LogP contribution in [0, 0.1) is 5.92 Å². The van der Waals surface area contributed by atoms with Crippen LogP contribution in [0.5, 0.6) is 0 Å². The van der Waals surface area contributed by atoms with Crippen molar-refractivity contribution in [1.82, 2.24) is 5.06 Å². The molecule has 0 unspecified atom stereocenters. The van der Waals surface area contributed by atoms with Gasteiger partial charge in [0.05, 0.1) is 6.54 Å². The third-order valence-electron chi connectivity index (χ3n) is 3.77. The van der Waals surface area contributed by atoms with E-state index in [9.17, 15) is 9.59 Å². The zero-order valence-corrected chi connectivity index (χ0v) is 13.5. The fourth-order valence-corrected chi connectivity index (χ4v) is 2.39. The SMILES string of the molecule is C=C(CCCCCC(C)C)C(=O)ON1CCCCCC1=O. The van der Waals surface area contributed by atoms with E-state index < -0.39 is 5.97 Å². The van der Waals surface area contributed by atoms with E-state index in [0.717, 1.165) is 38.0 Å². The molecule has 1 heterocycles. The Labute approximate surface area is 128 Å². The fourth-order valence-electron chi connectivity index (χ4n) is 2.39. The van der Waals surface area contributed by atoms with Gasteiger partial charge >= 0.3 is 5.97 Å². The van der Waals surface area contributed by atoms with E-state index in [1.807, 2.05) is 0 Å². The summed E-state index contributed by atoms with van der Waals surface area (Å²) < 4.78 is 0. The first-order chi connectivity index (χ1) is 10.0. The summed E-state index contributed by atoms with van der Waals surface area (Å²) in [4.78, 5) is 28.9. The molecular weight excluding hydrogens is 266 g/mol. The topological polar surface area (TPSA) is 46.6 Å². The van der Waals surface area contributed by atoms with Crippen LogP contribution in [0.3, 0.4) is 0 Å². The molecule has 0 atom stereocenters. The Bertz CT molecular complexity index is 363. The van der Waals surface area contributed by atoms with Gasteiger partial charge in [0.1, 0.15) is 0 Å². The molecule has 1 amide bonds.